The van der Waals surface area contributed by atoms with E-state index in [-0.39, 0.29) is 5.91 Å². The van der Waals surface area contributed by atoms with E-state index in [4.69, 9.17) is 5.73 Å². The number of amides is 1. The molecule has 0 saturated heterocycles. The van der Waals surface area contributed by atoms with E-state index in [1.807, 2.05) is 6.92 Å². The van der Waals surface area contributed by atoms with E-state index < -0.39 is 0 Å². The molecule has 0 aliphatic heterocycles. The van der Waals surface area contributed by atoms with E-state index in [0.29, 0.717) is 31.3 Å². The number of aromatic nitrogens is 2. The first kappa shape index (κ1) is 11.2. The Morgan fingerprint density at radius 2 is 2.40 bits per heavy atom. The summed E-state index contributed by atoms with van der Waals surface area (Å²) in [5.74, 6) is 0.860. The van der Waals surface area contributed by atoms with Crippen LogP contribution in [0.15, 0.2) is 12.3 Å². The van der Waals surface area contributed by atoms with Crippen LogP contribution in [0.2, 0.25) is 0 Å². The van der Waals surface area contributed by atoms with Gasteiger partial charge in [0.25, 0.3) is 0 Å². The van der Waals surface area contributed by atoms with Crippen LogP contribution in [0.3, 0.4) is 0 Å². The summed E-state index contributed by atoms with van der Waals surface area (Å²) in [5, 5.41) is 5.61. The van der Waals surface area contributed by atoms with Crippen molar-refractivity contribution in [2.24, 2.45) is 0 Å². The zero-order chi connectivity index (χ0) is 11.1. The molecule has 82 valence electrons. The molecule has 0 spiro atoms. The van der Waals surface area contributed by atoms with Crippen molar-refractivity contribution < 1.29 is 4.79 Å². The largest absolute Gasteiger partial charge is 0.384 e. The molecule has 15 heavy (non-hydrogen) atoms. The Morgan fingerprint density at radius 1 is 1.60 bits per heavy atom. The summed E-state index contributed by atoms with van der Waals surface area (Å²) in [5.41, 5.74) is 5.47. The lowest BCUT2D eigenvalue weighted by Crippen LogP contribution is -2.25. The van der Waals surface area contributed by atoms with Crippen LogP contribution in [0.5, 0.6) is 0 Å². The van der Waals surface area contributed by atoms with Gasteiger partial charge in [0.15, 0.2) is 0 Å². The van der Waals surface area contributed by atoms with Crippen molar-refractivity contribution in [2.45, 2.75) is 13.3 Å². The van der Waals surface area contributed by atoms with Crippen molar-refractivity contribution in [2.75, 3.05) is 24.1 Å². The van der Waals surface area contributed by atoms with Crippen LogP contribution in [0.4, 0.5) is 11.8 Å². The van der Waals surface area contributed by atoms with Crippen LogP contribution >= 0.6 is 0 Å². The smallest absolute Gasteiger partial charge is 0.224 e. The van der Waals surface area contributed by atoms with Gasteiger partial charge in [0.2, 0.25) is 11.9 Å². The molecular weight excluding hydrogens is 194 g/mol. The summed E-state index contributed by atoms with van der Waals surface area (Å²) in [6.07, 6.45) is 1.96. The molecular formula is C9H15N5O. The Bertz CT molecular complexity index is 328. The van der Waals surface area contributed by atoms with Crippen molar-refractivity contribution in [3.63, 3.8) is 0 Å². The van der Waals surface area contributed by atoms with Gasteiger partial charge in [0.1, 0.15) is 5.82 Å². The molecule has 1 rings (SSSR count). The summed E-state index contributed by atoms with van der Waals surface area (Å²) in [7, 11) is 0. The fourth-order valence-electron chi connectivity index (χ4n) is 1.03. The minimum absolute atomic E-state index is 0.00824. The Hall–Kier alpha value is -1.85. The predicted octanol–water partition coefficient (Wildman–Crippen LogP) is -0.00310. The Balaban J connectivity index is 2.28. The van der Waals surface area contributed by atoms with Gasteiger partial charge in [-0.3, -0.25) is 4.79 Å². The summed E-state index contributed by atoms with van der Waals surface area (Å²) < 4.78 is 0. The van der Waals surface area contributed by atoms with Crippen LogP contribution < -0.4 is 16.4 Å². The van der Waals surface area contributed by atoms with E-state index in [0.717, 1.165) is 0 Å². The first-order valence-corrected chi connectivity index (χ1v) is 4.81. The monoisotopic (exact) mass is 209 g/mol. The number of hydrogen-bond donors (Lipinski definition) is 3. The summed E-state index contributed by atoms with van der Waals surface area (Å²) in [6, 6.07) is 1.61. The van der Waals surface area contributed by atoms with E-state index in [2.05, 4.69) is 20.6 Å². The highest BCUT2D eigenvalue weighted by atomic mass is 16.1. The zero-order valence-corrected chi connectivity index (χ0v) is 8.66. The van der Waals surface area contributed by atoms with Gasteiger partial charge in [0.05, 0.1) is 0 Å². The molecule has 0 aliphatic rings. The average Bonchev–Trinajstić information content (AvgIpc) is 2.18. The van der Waals surface area contributed by atoms with E-state index >= 15 is 0 Å². The number of anilines is 2. The predicted molar refractivity (Wildman–Crippen MR) is 58.2 cm³/mol. The molecule has 0 bridgehead atoms. The Kier molecular flexibility index (Phi) is 4.33. The maximum absolute atomic E-state index is 11.1. The van der Waals surface area contributed by atoms with Gasteiger partial charge >= 0.3 is 0 Å². The Morgan fingerprint density at radius 3 is 3.07 bits per heavy atom. The molecule has 0 aromatic carbocycles. The first-order valence-electron chi connectivity index (χ1n) is 4.81. The van der Waals surface area contributed by atoms with E-state index in [1.165, 1.54) is 0 Å². The molecule has 0 fully saturated rings. The first-order chi connectivity index (χ1) is 7.22. The second kappa shape index (κ2) is 5.79. The number of carbonyl (C=O) groups excluding carboxylic acids is 1. The lowest BCUT2D eigenvalue weighted by atomic mass is 10.4. The molecule has 1 aromatic rings. The quantitative estimate of drug-likeness (QED) is 0.634. The van der Waals surface area contributed by atoms with Gasteiger partial charge in [-0.1, -0.05) is 0 Å². The van der Waals surface area contributed by atoms with Crippen LogP contribution in [0, 0.1) is 0 Å². The van der Waals surface area contributed by atoms with Crippen molar-refractivity contribution in [1.29, 1.82) is 0 Å². The number of nitrogen functional groups attached to an aromatic ring is 1. The Labute approximate surface area is 88.3 Å². The minimum atomic E-state index is 0.00824. The average molecular weight is 209 g/mol. The number of rotatable bonds is 5. The highest BCUT2D eigenvalue weighted by molar-refractivity contribution is 5.76. The molecule has 6 heteroatoms. The van der Waals surface area contributed by atoms with Crippen LogP contribution in [-0.2, 0) is 4.79 Å². The van der Waals surface area contributed by atoms with Crippen molar-refractivity contribution in [3.05, 3.63) is 12.3 Å². The second-order valence-electron chi connectivity index (χ2n) is 2.94. The standard InChI is InChI=1S/C9H15N5O/c1-2-11-8(15)4-6-13-9-12-5-3-7(10)14-9/h3,5H,2,4,6H2,1H3,(H,11,15)(H3,10,12,13,14). The SMILES string of the molecule is CCNC(=O)CCNc1nccc(N)n1. The lowest BCUT2D eigenvalue weighted by molar-refractivity contribution is -0.120. The topological polar surface area (TPSA) is 92.9 Å². The third-order valence-electron chi connectivity index (χ3n) is 1.69. The highest BCUT2D eigenvalue weighted by Crippen LogP contribution is 2.00. The van der Waals surface area contributed by atoms with Crippen molar-refractivity contribution in [1.82, 2.24) is 15.3 Å². The summed E-state index contributed by atoms with van der Waals surface area (Å²) >= 11 is 0. The molecule has 0 radical (unpaired) electrons. The lowest BCUT2D eigenvalue weighted by Gasteiger charge is -2.04. The van der Waals surface area contributed by atoms with E-state index in [1.54, 1.807) is 12.3 Å². The zero-order valence-electron chi connectivity index (χ0n) is 8.66. The van der Waals surface area contributed by atoms with Gasteiger partial charge in [-0.05, 0) is 13.0 Å². The van der Waals surface area contributed by atoms with E-state index in [9.17, 15) is 4.79 Å². The molecule has 0 saturated carbocycles. The fraction of sp³-hybridized carbons (Fsp3) is 0.444. The maximum atomic E-state index is 11.1. The molecule has 1 heterocycles. The molecule has 1 amide bonds. The molecule has 0 unspecified atom stereocenters. The summed E-state index contributed by atoms with van der Waals surface area (Å²) in [6.45, 7) is 3.02. The fourth-order valence-corrected chi connectivity index (χ4v) is 1.03. The van der Waals surface area contributed by atoms with Gasteiger partial charge in [-0.2, -0.15) is 4.98 Å². The van der Waals surface area contributed by atoms with Crippen molar-refractivity contribution in [3.8, 4) is 0 Å². The van der Waals surface area contributed by atoms with Crippen LogP contribution in [-0.4, -0.2) is 29.0 Å². The second-order valence-corrected chi connectivity index (χ2v) is 2.94. The third kappa shape index (κ3) is 4.26. The molecule has 1 aromatic heterocycles. The molecule has 6 nitrogen and oxygen atoms in total. The number of hydrogen-bond acceptors (Lipinski definition) is 5. The number of nitrogens with one attached hydrogen (secondary N) is 2. The number of nitrogens with zero attached hydrogens (tertiary/aromatic N) is 2. The maximum Gasteiger partial charge on any atom is 0.224 e. The number of carbonyl (C=O) groups is 1. The molecule has 4 N–H and O–H groups in total. The van der Waals surface area contributed by atoms with Gasteiger partial charge in [-0.25, -0.2) is 4.98 Å². The normalized spacial score (nSPS) is 9.67. The van der Waals surface area contributed by atoms with Gasteiger partial charge < -0.3 is 16.4 Å². The third-order valence-corrected chi connectivity index (χ3v) is 1.69. The van der Waals surface area contributed by atoms with Crippen molar-refractivity contribution >= 4 is 17.7 Å². The summed E-state index contributed by atoms with van der Waals surface area (Å²) in [4.78, 5) is 19.0. The van der Waals surface area contributed by atoms with Crippen LogP contribution in [0.25, 0.3) is 0 Å². The molecule has 0 atom stereocenters. The highest BCUT2D eigenvalue weighted by Gasteiger charge is 2.00. The van der Waals surface area contributed by atoms with Crippen LogP contribution in [0.1, 0.15) is 13.3 Å². The minimum Gasteiger partial charge on any atom is -0.384 e. The van der Waals surface area contributed by atoms with Gasteiger partial charge in [0, 0.05) is 25.7 Å². The molecule has 0 aliphatic carbocycles. The number of nitrogens with two attached hydrogens (primary N) is 1. The van der Waals surface area contributed by atoms with Gasteiger partial charge in [-0.15, -0.1) is 0 Å².